The first-order valence-electron chi connectivity index (χ1n) is 3.04. The molecule has 5 nitrogen and oxygen atoms in total. The van der Waals surface area contributed by atoms with Crippen LogP contribution in [0.2, 0.25) is 0 Å². The Morgan fingerprint density at radius 1 is 1.30 bits per heavy atom. The number of nitrogens with two attached hydrogens (primary N) is 1. The molecule has 0 radical (unpaired) electrons. The Bertz CT molecular complexity index is 106. The molecule has 0 unspecified atom stereocenters. The van der Waals surface area contributed by atoms with Crippen molar-refractivity contribution in [3.8, 4) is 0 Å². The van der Waals surface area contributed by atoms with Gasteiger partial charge in [-0.3, -0.25) is 0 Å². The Labute approximate surface area is 58.0 Å². The fourth-order valence-electron chi connectivity index (χ4n) is 0.832. The van der Waals surface area contributed by atoms with Crippen molar-refractivity contribution in [3.05, 3.63) is 0 Å². The fourth-order valence-corrected chi connectivity index (χ4v) is 0.832. The molecule has 4 atom stereocenters. The summed E-state index contributed by atoms with van der Waals surface area (Å²) in [5.41, 5.74) is 5.23. The Morgan fingerprint density at radius 3 is 2.40 bits per heavy atom. The van der Waals surface area contributed by atoms with Gasteiger partial charge in [-0.1, -0.05) is 0 Å². The zero-order chi connectivity index (χ0) is 7.72. The molecule has 5 heteroatoms. The first kappa shape index (κ1) is 7.90. The molecule has 1 rings (SSSR count). The van der Waals surface area contributed by atoms with E-state index in [1.807, 2.05) is 0 Å². The van der Waals surface area contributed by atoms with Crippen LogP contribution in [0.3, 0.4) is 0 Å². The molecule has 0 bridgehead atoms. The molecule has 60 valence electrons. The van der Waals surface area contributed by atoms with Gasteiger partial charge in [0.2, 0.25) is 0 Å². The highest BCUT2D eigenvalue weighted by Gasteiger charge is 2.34. The van der Waals surface area contributed by atoms with Gasteiger partial charge in [-0.25, -0.2) is 0 Å². The van der Waals surface area contributed by atoms with E-state index in [1.165, 1.54) is 0 Å². The van der Waals surface area contributed by atoms with Crippen LogP contribution in [0.15, 0.2) is 0 Å². The standard InChI is InChI=1S/C5H11NO4/c6-3-4(8)2(7)1-10-5(3)9/h2-5,7-9H,1,6H2/t2-,3+,4+,5-/m1/s1. The van der Waals surface area contributed by atoms with Gasteiger partial charge in [-0.2, -0.15) is 0 Å². The maximum atomic E-state index is 9.00. The highest BCUT2D eigenvalue weighted by Crippen LogP contribution is 2.10. The predicted octanol–water partition coefficient (Wildman–Crippen LogP) is -2.62. The molecule has 0 aliphatic carbocycles. The third-order valence-corrected chi connectivity index (χ3v) is 1.56. The molecule has 0 aromatic heterocycles. The lowest BCUT2D eigenvalue weighted by atomic mass is 10.0. The average Bonchev–Trinajstić information content (AvgIpc) is 1.93. The third-order valence-electron chi connectivity index (χ3n) is 1.56. The monoisotopic (exact) mass is 149 g/mol. The van der Waals surface area contributed by atoms with Gasteiger partial charge in [0.1, 0.15) is 12.2 Å². The number of aliphatic hydroxyl groups is 3. The van der Waals surface area contributed by atoms with E-state index in [0.717, 1.165) is 0 Å². The van der Waals surface area contributed by atoms with Gasteiger partial charge in [-0.15, -0.1) is 0 Å². The van der Waals surface area contributed by atoms with Crippen LogP contribution in [0.4, 0.5) is 0 Å². The SMILES string of the molecule is N[C@H]1[C@@H](O)[C@H](O)CO[C@H]1O. The van der Waals surface area contributed by atoms with Crippen LogP contribution < -0.4 is 5.73 Å². The molecule has 1 saturated heterocycles. The van der Waals surface area contributed by atoms with Crippen LogP contribution in [-0.4, -0.2) is 46.5 Å². The van der Waals surface area contributed by atoms with E-state index in [1.54, 1.807) is 0 Å². The van der Waals surface area contributed by atoms with Gasteiger partial charge in [0.05, 0.1) is 12.6 Å². The van der Waals surface area contributed by atoms with Gasteiger partial charge in [0.15, 0.2) is 6.29 Å². The largest absolute Gasteiger partial charge is 0.389 e. The van der Waals surface area contributed by atoms with Crippen molar-refractivity contribution in [1.29, 1.82) is 0 Å². The van der Waals surface area contributed by atoms with Crippen molar-refractivity contribution < 1.29 is 20.1 Å². The number of rotatable bonds is 0. The maximum absolute atomic E-state index is 9.00. The van der Waals surface area contributed by atoms with Crippen LogP contribution in [0.1, 0.15) is 0 Å². The minimum absolute atomic E-state index is 0.0734. The Hall–Kier alpha value is -0.200. The summed E-state index contributed by atoms with van der Waals surface area (Å²) >= 11 is 0. The van der Waals surface area contributed by atoms with Crippen LogP contribution in [0.25, 0.3) is 0 Å². The summed E-state index contributed by atoms with van der Waals surface area (Å²) in [4.78, 5) is 0. The topological polar surface area (TPSA) is 95.9 Å². The molecule has 0 amide bonds. The quantitative estimate of drug-likeness (QED) is 0.302. The first-order chi connectivity index (χ1) is 4.63. The molecule has 5 N–H and O–H groups in total. The van der Waals surface area contributed by atoms with Gasteiger partial charge >= 0.3 is 0 Å². The van der Waals surface area contributed by atoms with Crippen molar-refractivity contribution in [3.63, 3.8) is 0 Å². The van der Waals surface area contributed by atoms with Crippen molar-refractivity contribution in [1.82, 2.24) is 0 Å². The summed E-state index contributed by atoms with van der Waals surface area (Å²) in [7, 11) is 0. The van der Waals surface area contributed by atoms with Gasteiger partial charge < -0.3 is 25.8 Å². The summed E-state index contributed by atoms with van der Waals surface area (Å²) in [6.45, 7) is -0.0734. The lowest BCUT2D eigenvalue weighted by Gasteiger charge is -2.32. The smallest absolute Gasteiger partial charge is 0.172 e. The van der Waals surface area contributed by atoms with E-state index in [-0.39, 0.29) is 6.61 Å². The van der Waals surface area contributed by atoms with E-state index in [2.05, 4.69) is 4.74 Å². The molecule has 0 spiro atoms. The van der Waals surface area contributed by atoms with E-state index in [0.29, 0.717) is 0 Å². The predicted molar refractivity (Wildman–Crippen MR) is 31.9 cm³/mol. The number of hydrogen-bond donors (Lipinski definition) is 4. The molecule has 10 heavy (non-hydrogen) atoms. The van der Waals surface area contributed by atoms with Crippen molar-refractivity contribution in [2.24, 2.45) is 5.73 Å². The number of hydrogen-bond acceptors (Lipinski definition) is 5. The lowest BCUT2D eigenvalue weighted by Crippen LogP contribution is -2.57. The van der Waals surface area contributed by atoms with E-state index in [4.69, 9.17) is 21.1 Å². The minimum atomic E-state index is -1.17. The Morgan fingerprint density at radius 2 is 1.90 bits per heavy atom. The third kappa shape index (κ3) is 1.28. The van der Waals surface area contributed by atoms with Gasteiger partial charge in [0, 0.05) is 0 Å². The second kappa shape index (κ2) is 2.81. The maximum Gasteiger partial charge on any atom is 0.172 e. The Kier molecular flexibility index (Phi) is 2.22. The number of aliphatic hydroxyl groups excluding tert-OH is 3. The van der Waals surface area contributed by atoms with E-state index >= 15 is 0 Å². The highest BCUT2D eigenvalue weighted by atomic mass is 16.6. The average molecular weight is 149 g/mol. The number of ether oxygens (including phenoxy) is 1. The molecular formula is C5H11NO4. The van der Waals surface area contributed by atoms with Crippen LogP contribution in [0, 0.1) is 0 Å². The van der Waals surface area contributed by atoms with E-state index < -0.39 is 24.5 Å². The van der Waals surface area contributed by atoms with Gasteiger partial charge in [0.25, 0.3) is 0 Å². The molecule has 0 aromatic rings. The second-order valence-corrected chi connectivity index (χ2v) is 2.36. The molecule has 1 fully saturated rings. The van der Waals surface area contributed by atoms with Crippen molar-refractivity contribution in [2.45, 2.75) is 24.5 Å². The summed E-state index contributed by atoms with van der Waals surface area (Å²) in [6.07, 6.45) is -3.25. The summed E-state index contributed by atoms with van der Waals surface area (Å²) in [6, 6.07) is -0.913. The van der Waals surface area contributed by atoms with Crippen LogP contribution in [0.5, 0.6) is 0 Å². The van der Waals surface area contributed by atoms with Crippen LogP contribution >= 0.6 is 0 Å². The zero-order valence-corrected chi connectivity index (χ0v) is 5.34. The molecule has 1 aliphatic rings. The summed E-state index contributed by atoms with van der Waals surface area (Å²) < 4.78 is 4.59. The lowest BCUT2D eigenvalue weighted by molar-refractivity contribution is -0.205. The first-order valence-corrected chi connectivity index (χ1v) is 3.04. The highest BCUT2D eigenvalue weighted by molar-refractivity contribution is 4.84. The Balaban J connectivity index is 2.52. The molecule has 0 saturated carbocycles. The van der Waals surface area contributed by atoms with E-state index in [9.17, 15) is 0 Å². The summed E-state index contributed by atoms with van der Waals surface area (Å²) in [5, 5.41) is 26.7. The van der Waals surface area contributed by atoms with Gasteiger partial charge in [-0.05, 0) is 0 Å². The summed E-state index contributed by atoms with van der Waals surface area (Å²) in [5.74, 6) is 0. The molecular weight excluding hydrogens is 138 g/mol. The molecule has 1 heterocycles. The molecule has 1 aliphatic heterocycles. The fraction of sp³-hybridized carbons (Fsp3) is 1.00. The second-order valence-electron chi connectivity index (χ2n) is 2.36. The van der Waals surface area contributed by atoms with Crippen molar-refractivity contribution in [2.75, 3.05) is 6.61 Å². The molecule has 0 aromatic carbocycles. The zero-order valence-electron chi connectivity index (χ0n) is 5.34. The minimum Gasteiger partial charge on any atom is -0.389 e. The van der Waals surface area contributed by atoms with Crippen molar-refractivity contribution >= 4 is 0 Å². The normalized spacial score (nSPS) is 49.2. The van der Waals surface area contributed by atoms with Crippen LogP contribution in [-0.2, 0) is 4.74 Å².